The monoisotopic (exact) mass is 556 g/mol. The van der Waals surface area contributed by atoms with E-state index in [0.717, 1.165) is 11.1 Å². The highest BCUT2D eigenvalue weighted by molar-refractivity contribution is 5.96. The molecular weight excluding hydrogens is 500 g/mol. The molecule has 40 heavy (non-hydrogen) atoms. The van der Waals surface area contributed by atoms with E-state index in [1.165, 1.54) is 10.5 Å². The van der Waals surface area contributed by atoms with Crippen molar-refractivity contribution in [2.45, 2.75) is 89.3 Å². The van der Waals surface area contributed by atoms with Gasteiger partial charge < -0.3 is 21.1 Å². The summed E-state index contributed by atoms with van der Waals surface area (Å²) in [4.78, 5) is 31.1. The standard InChI is InChI=1S/C33H48N4O3/c1-5-17-36-18-10-15-33(36)16-19-37(31(33)40)32(4,30(34)39)28(21-25-11-7-6-8-12-25)29(38)23-35-22-26-13-9-14-27(20-26)24(2)3/h6-9,11-14,20,24,28-29,35,38H,5,10,15-19,21-23H2,1-4H3,(H2,34,39)/t28-,29+,32?,33+/m1/s1/i1T2,5T2. The molecule has 1 spiro atoms. The van der Waals surface area contributed by atoms with Crippen LogP contribution in [-0.2, 0) is 22.6 Å². The lowest BCUT2D eigenvalue weighted by molar-refractivity contribution is -0.153. The minimum atomic E-state index is -2.12. The lowest BCUT2D eigenvalue weighted by Gasteiger charge is -2.45. The van der Waals surface area contributed by atoms with Crippen molar-refractivity contribution in [1.29, 1.82) is 0 Å². The first-order valence-electron chi connectivity index (χ1n) is 16.6. The molecular formula is C33H48N4O3. The first-order valence-corrected chi connectivity index (χ1v) is 14.5. The van der Waals surface area contributed by atoms with Crippen LogP contribution in [0, 0.1) is 5.92 Å². The van der Waals surface area contributed by atoms with Crippen LogP contribution in [0.1, 0.15) is 81.4 Å². The summed E-state index contributed by atoms with van der Waals surface area (Å²) < 4.78 is 31.8. The molecule has 0 aliphatic carbocycles. The molecule has 2 amide bonds. The van der Waals surface area contributed by atoms with Gasteiger partial charge in [0.25, 0.3) is 0 Å². The van der Waals surface area contributed by atoms with Crippen LogP contribution in [0.15, 0.2) is 54.6 Å². The molecule has 2 saturated heterocycles. The molecule has 0 aromatic heterocycles. The molecule has 2 aromatic carbocycles. The third-order valence-corrected chi connectivity index (χ3v) is 9.14. The van der Waals surface area contributed by atoms with Crippen LogP contribution in [0.2, 0.25) is 0 Å². The van der Waals surface area contributed by atoms with E-state index in [1.54, 1.807) is 11.8 Å². The maximum atomic E-state index is 14.4. The van der Waals surface area contributed by atoms with E-state index in [-0.39, 0.29) is 25.5 Å². The molecule has 1 unspecified atom stereocenters. The van der Waals surface area contributed by atoms with Gasteiger partial charge in [0.1, 0.15) is 11.1 Å². The first kappa shape index (κ1) is 25.0. The average Bonchev–Trinajstić information content (AvgIpc) is 3.54. The number of hydrogen-bond donors (Lipinski definition) is 3. The number of nitrogens with zero attached hydrogens (tertiary/aromatic N) is 2. The van der Waals surface area contributed by atoms with E-state index >= 15 is 0 Å². The van der Waals surface area contributed by atoms with Crippen LogP contribution >= 0.6 is 0 Å². The van der Waals surface area contributed by atoms with Crippen molar-refractivity contribution in [3.8, 4) is 0 Å². The second-order valence-corrected chi connectivity index (χ2v) is 11.9. The number of carbonyl (C=O) groups is 2. The largest absolute Gasteiger partial charge is 0.391 e. The van der Waals surface area contributed by atoms with E-state index in [2.05, 4.69) is 31.3 Å². The SMILES string of the molecule is [3H]C([3H])C([3H])([3H])CN1CCC[C@@]12CCN(C(C)(C(N)=O)[C@H](Cc1ccccc1)[C@@H](O)CNCc1cccc(C(C)C)c1)C2=O. The number of carbonyl (C=O) groups excluding carboxylic acids is 2. The molecule has 7 heteroatoms. The van der Waals surface area contributed by atoms with Crippen LogP contribution in [0.3, 0.4) is 0 Å². The molecule has 7 nitrogen and oxygen atoms in total. The van der Waals surface area contributed by atoms with Gasteiger partial charge in [0.15, 0.2) is 0 Å². The number of benzene rings is 2. The Hall–Kier alpha value is -2.74. The maximum absolute atomic E-state index is 14.4. The molecule has 4 N–H and O–H groups in total. The summed E-state index contributed by atoms with van der Waals surface area (Å²) in [6.45, 7) is 5.43. The third-order valence-electron chi connectivity index (χ3n) is 9.14. The fourth-order valence-corrected chi connectivity index (χ4v) is 6.66. The molecule has 218 valence electrons. The summed E-state index contributed by atoms with van der Waals surface area (Å²) in [6.07, 6.45) is -1.28. The number of aliphatic hydroxyl groups excluding tert-OH is 1. The number of rotatable bonds is 13. The van der Waals surface area contributed by atoms with Gasteiger partial charge in [-0.3, -0.25) is 14.5 Å². The van der Waals surface area contributed by atoms with Gasteiger partial charge in [-0.1, -0.05) is 75.3 Å². The zero-order valence-corrected chi connectivity index (χ0v) is 24.1. The quantitative estimate of drug-likeness (QED) is 0.348. The summed E-state index contributed by atoms with van der Waals surface area (Å²) in [5.41, 5.74) is 6.80. The van der Waals surface area contributed by atoms with Gasteiger partial charge in [-0.15, -0.1) is 0 Å². The van der Waals surface area contributed by atoms with Gasteiger partial charge in [-0.25, -0.2) is 0 Å². The highest BCUT2D eigenvalue weighted by atomic mass is 16.3. The van der Waals surface area contributed by atoms with Gasteiger partial charge in [0, 0.05) is 31.0 Å². The summed E-state index contributed by atoms with van der Waals surface area (Å²) in [7, 11) is 0. The lowest BCUT2D eigenvalue weighted by Crippen LogP contribution is -2.66. The summed E-state index contributed by atoms with van der Waals surface area (Å²) >= 11 is 0. The van der Waals surface area contributed by atoms with E-state index < -0.39 is 42.3 Å². The van der Waals surface area contributed by atoms with Crippen molar-refractivity contribution in [1.82, 2.24) is 15.1 Å². The van der Waals surface area contributed by atoms with Gasteiger partial charge in [-0.2, -0.15) is 0 Å². The van der Waals surface area contributed by atoms with Crippen molar-refractivity contribution >= 4 is 11.8 Å². The first-order chi connectivity index (χ1) is 20.7. The number of amides is 2. The Kier molecular flexibility index (Phi) is 8.03. The molecule has 2 heterocycles. The minimum Gasteiger partial charge on any atom is -0.391 e. The molecule has 0 radical (unpaired) electrons. The number of aliphatic hydroxyl groups is 1. The topological polar surface area (TPSA) is 98.9 Å². The fraction of sp³-hybridized carbons (Fsp3) is 0.576. The predicted molar refractivity (Wildman–Crippen MR) is 160 cm³/mol. The number of primary amides is 1. The van der Waals surface area contributed by atoms with Gasteiger partial charge in [-0.05, 0) is 74.7 Å². The lowest BCUT2D eigenvalue weighted by atomic mass is 9.75. The highest BCUT2D eigenvalue weighted by Gasteiger charge is 2.60. The smallest absolute Gasteiger partial charge is 0.244 e. The number of likely N-dealkylation sites (tertiary alicyclic amines) is 2. The molecule has 2 fully saturated rings. The summed E-state index contributed by atoms with van der Waals surface area (Å²) in [6, 6.07) is 17.8. The molecule has 2 aliphatic heterocycles. The Labute approximate surface area is 245 Å². The maximum Gasteiger partial charge on any atom is 0.244 e. The van der Waals surface area contributed by atoms with Crippen LogP contribution in [-0.4, -0.2) is 70.1 Å². The van der Waals surface area contributed by atoms with E-state index in [4.69, 9.17) is 11.2 Å². The number of nitrogens with one attached hydrogen (secondary N) is 1. The summed E-state index contributed by atoms with van der Waals surface area (Å²) in [5.74, 6) is -1.35. The highest BCUT2D eigenvalue weighted by Crippen LogP contribution is 2.44. The zero-order chi connectivity index (χ0) is 32.3. The molecule has 0 saturated carbocycles. The van der Waals surface area contributed by atoms with Gasteiger partial charge in [0.05, 0.1) is 6.10 Å². The van der Waals surface area contributed by atoms with Crippen molar-refractivity contribution < 1.29 is 20.2 Å². The Morgan fingerprint density at radius 3 is 2.62 bits per heavy atom. The van der Waals surface area contributed by atoms with Crippen molar-refractivity contribution in [3.05, 3.63) is 71.3 Å². The van der Waals surface area contributed by atoms with Crippen LogP contribution in [0.5, 0.6) is 0 Å². The van der Waals surface area contributed by atoms with Crippen molar-refractivity contribution in [2.75, 3.05) is 26.2 Å². The number of nitrogens with two attached hydrogens (primary N) is 1. The van der Waals surface area contributed by atoms with Crippen LogP contribution < -0.4 is 11.1 Å². The fourth-order valence-electron chi connectivity index (χ4n) is 6.66. The Morgan fingerprint density at radius 1 is 1.18 bits per heavy atom. The molecule has 2 aromatic rings. The summed E-state index contributed by atoms with van der Waals surface area (Å²) in [5, 5.41) is 15.1. The minimum absolute atomic E-state index is 0.181. The Balaban J connectivity index is 1.61. The number of hydrogen-bond acceptors (Lipinski definition) is 5. The second kappa shape index (κ2) is 12.8. The molecule has 4 atom stereocenters. The Bertz CT molecular complexity index is 1300. The Morgan fingerprint density at radius 2 is 1.93 bits per heavy atom. The van der Waals surface area contributed by atoms with Gasteiger partial charge >= 0.3 is 0 Å². The van der Waals surface area contributed by atoms with Crippen LogP contribution in [0.4, 0.5) is 0 Å². The van der Waals surface area contributed by atoms with E-state index in [0.29, 0.717) is 44.7 Å². The molecule has 2 aliphatic rings. The second-order valence-electron chi connectivity index (χ2n) is 11.9. The predicted octanol–water partition coefficient (Wildman–Crippen LogP) is 3.84. The van der Waals surface area contributed by atoms with E-state index in [1.807, 2.05) is 42.5 Å². The van der Waals surface area contributed by atoms with Gasteiger partial charge in [0.2, 0.25) is 11.8 Å². The molecule has 0 bridgehead atoms. The van der Waals surface area contributed by atoms with Crippen LogP contribution in [0.25, 0.3) is 0 Å². The zero-order valence-electron chi connectivity index (χ0n) is 28.1. The third kappa shape index (κ3) is 5.97. The van der Waals surface area contributed by atoms with Crippen molar-refractivity contribution in [3.63, 3.8) is 0 Å². The normalized spacial score (nSPS) is 24.6. The van der Waals surface area contributed by atoms with E-state index in [9.17, 15) is 14.7 Å². The van der Waals surface area contributed by atoms with Crippen molar-refractivity contribution in [2.24, 2.45) is 11.7 Å². The average molecular weight is 557 g/mol. The molecule has 4 rings (SSSR count).